The van der Waals surface area contributed by atoms with Crippen LogP contribution >= 0.6 is 23.2 Å². The number of likely N-dealkylation sites (tertiary alicyclic amines) is 1. The Labute approximate surface area is 112 Å². The maximum atomic E-state index is 6.17. The molecule has 0 aromatic heterocycles. The lowest BCUT2D eigenvalue weighted by Crippen LogP contribution is -2.36. The van der Waals surface area contributed by atoms with Crippen molar-refractivity contribution in [1.82, 2.24) is 4.90 Å². The zero-order valence-corrected chi connectivity index (χ0v) is 11.5. The second kappa shape index (κ2) is 6.05. The molecule has 17 heavy (non-hydrogen) atoms. The summed E-state index contributed by atoms with van der Waals surface area (Å²) in [5.41, 5.74) is 1.15. The highest BCUT2D eigenvalue weighted by Gasteiger charge is 2.19. The van der Waals surface area contributed by atoms with Crippen LogP contribution in [0.3, 0.4) is 0 Å². The highest BCUT2D eigenvalue weighted by atomic mass is 35.5. The molecule has 2 nitrogen and oxygen atoms in total. The standard InChI is InChI=1S/C13H17Cl2NO/c1-17-12-4-6-16(7-5-12)9-10-2-3-11(14)8-13(10)15/h2-3,8,12H,4-7,9H2,1H3. The van der Waals surface area contributed by atoms with Crippen LogP contribution in [0.2, 0.25) is 10.0 Å². The smallest absolute Gasteiger partial charge is 0.0595 e. The molecule has 4 heteroatoms. The van der Waals surface area contributed by atoms with Gasteiger partial charge >= 0.3 is 0 Å². The Kier molecular flexibility index (Phi) is 4.69. The Balaban J connectivity index is 1.93. The fourth-order valence-electron chi connectivity index (χ4n) is 2.19. The first-order valence-electron chi connectivity index (χ1n) is 5.88. The number of methoxy groups -OCH3 is 1. The van der Waals surface area contributed by atoms with Crippen molar-refractivity contribution in [2.45, 2.75) is 25.5 Å². The van der Waals surface area contributed by atoms with Crippen molar-refractivity contribution >= 4 is 23.2 Å². The van der Waals surface area contributed by atoms with Crippen molar-refractivity contribution in [1.29, 1.82) is 0 Å². The van der Waals surface area contributed by atoms with E-state index >= 15 is 0 Å². The van der Waals surface area contributed by atoms with E-state index in [1.165, 1.54) is 0 Å². The first-order valence-corrected chi connectivity index (χ1v) is 6.63. The van der Waals surface area contributed by atoms with E-state index in [9.17, 15) is 0 Å². The summed E-state index contributed by atoms with van der Waals surface area (Å²) < 4.78 is 5.36. The molecule has 0 unspecified atom stereocenters. The maximum absolute atomic E-state index is 6.17. The topological polar surface area (TPSA) is 12.5 Å². The molecule has 1 aliphatic rings. The van der Waals surface area contributed by atoms with E-state index in [2.05, 4.69) is 4.90 Å². The van der Waals surface area contributed by atoms with Crippen LogP contribution in [0, 0.1) is 0 Å². The minimum atomic E-state index is 0.423. The average Bonchev–Trinajstić information content (AvgIpc) is 2.34. The number of nitrogens with zero attached hydrogens (tertiary/aromatic N) is 1. The van der Waals surface area contributed by atoms with Crippen LogP contribution in [-0.4, -0.2) is 31.2 Å². The highest BCUT2D eigenvalue weighted by molar-refractivity contribution is 6.35. The lowest BCUT2D eigenvalue weighted by atomic mass is 10.1. The molecule has 1 aliphatic heterocycles. The second-order valence-electron chi connectivity index (χ2n) is 4.45. The minimum Gasteiger partial charge on any atom is -0.381 e. The number of hydrogen-bond donors (Lipinski definition) is 0. The Morgan fingerprint density at radius 3 is 2.59 bits per heavy atom. The Morgan fingerprint density at radius 2 is 2.00 bits per heavy atom. The van der Waals surface area contributed by atoms with Gasteiger partial charge in [0, 0.05) is 36.8 Å². The van der Waals surface area contributed by atoms with Crippen LogP contribution in [0.15, 0.2) is 18.2 Å². The molecule has 0 spiro atoms. The molecular weight excluding hydrogens is 257 g/mol. The Hall–Kier alpha value is -0.280. The van der Waals surface area contributed by atoms with Gasteiger partial charge in [0.15, 0.2) is 0 Å². The van der Waals surface area contributed by atoms with E-state index < -0.39 is 0 Å². The molecule has 2 rings (SSSR count). The second-order valence-corrected chi connectivity index (χ2v) is 5.29. The molecule has 0 bridgehead atoms. The van der Waals surface area contributed by atoms with Gasteiger partial charge in [0.1, 0.15) is 0 Å². The van der Waals surface area contributed by atoms with Crippen molar-refractivity contribution < 1.29 is 4.74 Å². The molecule has 0 saturated carbocycles. The van der Waals surface area contributed by atoms with E-state index in [-0.39, 0.29) is 0 Å². The first kappa shape index (κ1) is 13.2. The van der Waals surface area contributed by atoms with Crippen LogP contribution < -0.4 is 0 Å². The van der Waals surface area contributed by atoms with Crippen molar-refractivity contribution in [3.05, 3.63) is 33.8 Å². The van der Waals surface area contributed by atoms with Gasteiger partial charge in [-0.05, 0) is 30.5 Å². The monoisotopic (exact) mass is 273 g/mol. The van der Waals surface area contributed by atoms with Gasteiger partial charge in [0.25, 0.3) is 0 Å². The summed E-state index contributed by atoms with van der Waals surface area (Å²) in [4.78, 5) is 2.41. The van der Waals surface area contributed by atoms with Crippen LogP contribution in [-0.2, 0) is 11.3 Å². The number of ether oxygens (including phenoxy) is 1. The number of hydrogen-bond acceptors (Lipinski definition) is 2. The summed E-state index contributed by atoms with van der Waals surface area (Å²) in [6, 6.07) is 5.71. The molecule has 0 radical (unpaired) electrons. The molecule has 0 N–H and O–H groups in total. The van der Waals surface area contributed by atoms with Gasteiger partial charge in [-0.25, -0.2) is 0 Å². The molecule has 0 atom stereocenters. The third-order valence-corrected chi connectivity index (χ3v) is 3.86. The zero-order chi connectivity index (χ0) is 12.3. The number of halogens is 2. The highest BCUT2D eigenvalue weighted by Crippen LogP contribution is 2.23. The quantitative estimate of drug-likeness (QED) is 0.835. The predicted octanol–water partition coefficient (Wildman–Crippen LogP) is 3.60. The van der Waals surface area contributed by atoms with E-state index in [1.54, 1.807) is 13.2 Å². The molecular formula is C13H17Cl2NO. The van der Waals surface area contributed by atoms with Crippen molar-refractivity contribution in [2.24, 2.45) is 0 Å². The fourth-order valence-corrected chi connectivity index (χ4v) is 2.66. The number of benzene rings is 1. The normalized spacial score (nSPS) is 18.5. The number of rotatable bonds is 3. The first-order chi connectivity index (χ1) is 8.19. The zero-order valence-electron chi connectivity index (χ0n) is 9.96. The van der Waals surface area contributed by atoms with Gasteiger partial charge in [-0.15, -0.1) is 0 Å². The van der Waals surface area contributed by atoms with E-state index in [1.807, 2.05) is 12.1 Å². The number of piperidine rings is 1. The maximum Gasteiger partial charge on any atom is 0.0595 e. The molecule has 0 aliphatic carbocycles. The predicted molar refractivity (Wildman–Crippen MR) is 71.8 cm³/mol. The van der Waals surface area contributed by atoms with Gasteiger partial charge in [-0.2, -0.15) is 0 Å². The van der Waals surface area contributed by atoms with Crippen LogP contribution in [0.1, 0.15) is 18.4 Å². The average molecular weight is 274 g/mol. The van der Waals surface area contributed by atoms with E-state index in [0.29, 0.717) is 11.1 Å². The SMILES string of the molecule is COC1CCN(Cc2ccc(Cl)cc2Cl)CC1. The third kappa shape index (κ3) is 3.59. The van der Waals surface area contributed by atoms with Gasteiger partial charge < -0.3 is 4.74 Å². The molecule has 1 aromatic rings. The van der Waals surface area contributed by atoms with E-state index in [0.717, 1.165) is 43.1 Å². The van der Waals surface area contributed by atoms with Gasteiger partial charge in [-0.1, -0.05) is 29.3 Å². The van der Waals surface area contributed by atoms with Crippen LogP contribution in [0.4, 0.5) is 0 Å². The Bertz CT molecular complexity index is 376. The van der Waals surface area contributed by atoms with Crippen molar-refractivity contribution in [2.75, 3.05) is 20.2 Å². The van der Waals surface area contributed by atoms with Crippen molar-refractivity contribution in [3.63, 3.8) is 0 Å². The van der Waals surface area contributed by atoms with E-state index in [4.69, 9.17) is 27.9 Å². The lowest BCUT2D eigenvalue weighted by molar-refractivity contribution is 0.0389. The molecule has 94 valence electrons. The summed E-state index contributed by atoms with van der Waals surface area (Å²) in [7, 11) is 1.79. The Morgan fingerprint density at radius 1 is 1.29 bits per heavy atom. The van der Waals surface area contributed by atoms with Crippen LogP contribution in [0.5, 0.6) is 0 Å². The summed E-state index contributed by atoms with van der Waals surface area (Å²) in [5, 5.41) is 1.45. The summed E-state index contributed by atoms with van der Waals surface area (Å²) >= 11 is 12.1. The molecule has 1 heterocycles. The molecule has 0 amide bonds. The summed E-state index contributed by atoms with van der Waals surface area (Å²) in [5.74, 6) is 0. The summed E-state index contributed by atoms with van der Waals surface area (Å²) in [6.07, 6.45) is 2.62. The molecule has 1 fully saturated rings. The molecule has 1 saturated heterocycles. The van der Waals surface area contributed by atoms with Gasteiger partial charge in [-0.3, -0.25) is 4.90 Å². The largest absolute Gasteiger partial charge is 0.381 e. The lowest BCUT2D eigenvalue weighted by Gasteiger charge is -2.31. The van der Waals surface area contributed by atoms with Crippen LogP contribution in [0.25, 0.3) is 0 Å². The minimum absolute atomic E-state index is 0.423. The van der Waals surface area contributed by atoms with Gasteiger partial charge in [0.2, 0.25) is 0 Å². The molecule has 1 aromatic carbocycles. The fraction of sp³-hybridized carbons (Fsp3) is 0.538. The van der Waals surface area contributed by atoms with Crippen molar-refractivity contribution in [3.8, 4) is 0 Å². The van der Waals surface area contributed by atoms with Gasteiger partial charge in [0.05, 0.1) is 6.10 Å². The third-order valence-electron chi connectivity index (χ3n) is 3.28. The summed E-state index contributed by atoms with van der Waals surface area (Å²) in [6.45, 7) is 3.03.